The van der Waals surface area contributed by atoms with Crippen molar-refractivity contribution < 1.29 is 19.4 Å². The Hall–Kier alpha value is -3.35. The van der Waals surface area contributed by atoms with Crippen LogP contribution in [-0.4, -0.2) is 61.6 Å². The number of nitrogens with two attached hydrogens (primary N) is 1. The van der Waals surface area contributed by atoms with Crippen LogP contribution in [0.1, 0.15) is 11.1 Å². The van der Waals surface area contributed by atoms with Crippen LogP contribution in [0, 0.1) is 0 Å². The van der Waals surface area contributed by atoms with Crippen LogP contribution in [0.4, 0.5) is 11.5 Å². The molecular weight excluding hydrogens is 551 g/mol. The molecular formula is C25H30Cl2N6O4S. The first-order valence-electron chi connectivity index (χ1n) is 11.1. The largest absolute Gasteiger partial charge is 0.484 e. The number of aromatic nitrogens is 2. The minimum Gasteiger partial charge on any atom is -0.484 e. The lowest BCUT2D eigenvalue weighted by Gasteiger charge is -2.14. The van der Waals surface area contributed by atoms with Crippen LogP contribution in [0.2, 0.25) is 10.0 Å². The third-order valence-electron chi connectivity index (χ3n) is 4.31. The zero-order valence-electron chi connectivity index (χ0n) is 20.9. The summed E-state index contributed by atoms with van der Waals surface area (Å²) in [6.07, 6.45) is 9.64. The molecule has 204 valence electrons. The molecule has 1 aromatic heterocycles. The van der Waals surface area contributed by atoms with Crippen molar-refractivity contribution in [2.75, 3.05) is 43.9 Å². The number of nitrogens with one attached hydrogen (secondary N) is 3. The number of anilines is 2. The average molecular weight is 582 g/mol. The smallest absolute Gasteiger partial charge is 0.204 e. The molecule has 3 rings (SSSR count). The average Bonchev–Trinajstić information content (AvgIpc) is 2.94. The maximum Gasteiger partial charge on any atom is 0.204 e. The predicted octanol–water partition coefficient (Wildman–Crippen LogP) is 3.99. The topological polar surface area (TPSA) is 151 Å². The molecule has 3 aromatic rings. The highest BCUT2D eigenvalue weighted by Gasteiger charge is 2.14. The summed E-state index contributed by atoms with van der Waals surface area (Å²) in [6.45, 7) is 0.834. The number of carbonyl (C=O) groups excluding carboxylic acids is 2. The molecule has 2 aromatic carbocycles. The van der Waals surface area contributed by atoms with Crippen molar-refractivity contribution in [2.45, 2.75) is 4.90 Å². The summed E-state index contributed by atoms with van der Waals surface area (Å²) in [5.74, 6) is 1.05. The normalized spacial score (nSPS) is 9.92. The summed E-state index contributed by atoms with van der Waals surface area (Å²) in [5, 5.41) is 14.5. The Morgan fingerprint density at radius 1 is 1.11 bits per heavy atom. The summed E-state index contributed by atoms with van der Waals surface area (Å²) < 4.78 is 8.47. The minimum atomic E-state index is -0.0928. The zero-order valence-corrected chi connectivity index (χ0v) is 23.2. The highest BCUT2D eigenvalue weighted by molar-refractivity contribution is 8.00. The van der Waals surface area contributed by atoms with Crippen LogP contribution in [0.5, 0.6) is 5.75 Å². The number of aliphatic hydroxyl groups is 1. The van der Waals surface area contributed by atoms with Crippen molar-refractivity contribution in [1.29, 1.82) is 0 Å². The fourth-order valence-electron chi connectivity index (χ4n) is 2.62. The second-order valence-electron chi connectivity index (χ2n) is 6.85. The lowest BCUT2D eigenvalue weighted by atomic mass is 10.1. The van der Waals surface area contributed by atoms with E-state index < -0.39 is 0 Å². The molecule has 0 spiro atoms. The fourth-order valence-corrected chi connectivity index (χ4v) is 3.69. The van der Waals surface area contributed by atoms with Gasteiger partial charge in [-0.2, -0.15) is 0 Å². The molecule has 6 N–H and O–H groups in total. The van der Waals surface area contributed by atoms with Gasteiger partial charge >= 0.3 is 0 Å². The first kappa shape index (κ1) is 32.7. The number of hydrogen-bond acceptors (Lipinski definition) is 10. The number of hydrogen-bond donors (Lipinski definition) is 5. The van der Waals surface area contributed by atoms with Crippen LogP contribution >= 0.6 is 35.1 Å². The van der Waals surface area contributed by atoms with E-state index in [1.165, 1.54) is 11.9 Å². The minimum absolute atomic E-state index is 0.0928. The van der Waals surface area contributed by atoms with E-state index in [-0.39, 0.29) is 24.6 Å². The first-order chi connectivity index (χ1) is 18.4. The lowest BCUT2D eigenvalue weighted by molar-refractivity contribution is -0.109. The van der Waals surface area contributed by atoms with Gasteiger partial charge in [-0.15, -0.1) is 0 Å². The number of likely N-dealkylation sites (N-methyl/N-ethyl adjacent to an activating group) is 1. The van der Waals surface area contributed by atoms with Gasteiger partial charge in [-0.3, -0.25) is 14.6 Å². The number of aliphatic hydroxyl groups excluding tert-OH is 1. The summed E-state index contributed by atoms with van der Waals surface area (Å²) in [5.41, 5.74) is 6.63. The molecule has 0 bridgehead atoms. The Labute approximate surface area is 236 Å². The fraction of sp³-hybridized carbons (Fsp3) is 0.200. The number of primary amides is 1. The van der Waals surface area contributed by atoms with Crippen molar-refractivity contribution in [3.8, 4) is 5.75 Å². The van der Waals surface area contributed by atoms with Crippen LogP contribution in [0.25, 0.3) is 12.2 Å². The number of carbonyl (C=O) groups is 2. The van der Waals surface area contributed by atoms with Gasteiger partial charge in [-0.25, -0.2) is 4.98 Å². The van der Waals surface area contributed by atoms with Crippen molar-refractivity contribution in [1.82, 2.24) is 15.3 Å². The molecule has 10 nitrogen and oxygen atoms in total. The number of rotatable bonds is 11. The molecule has 0 unspecified atom stereocenters. The Balaban J connectivity index is 0.000000794. The van der Waals surface area contributed by atoms with Crippen LogP contribution in [-0.2, 0) is 9.59 Å². The standard InChI is InChI=1S/C21H18Cl2N4O2S.C3H9NO.CH3NO/c1-24-17-12-18(29-11-10-28)21(23)20(22)16(17)7-4-14-2-5-15(6-3-14)30-27-19-13-25-8-9-26-19;1-4-2-3-5;2-1-3/h2-10,12-13,24H,11H2,1H3,(H,26,27);4-5H,2-3H2,1H3;1H,(H2,2,3)/b7-4+;;. The SMILES string of the molecule is CNCCO.CNc1cc(OCC=O)c(Cl)c(Cl)c1/C=C/c1ccc(SNc2cnccn2)cc1.NC=O. The summed E-state index contributed by atoms with van der Waals surface area (Å²) >= 11 is 14.2. The van der Waals surface area contributed by atoms with Crippen molar-refractivity contribution in [3.63, 3.8) is 0 Å². The molecule has 1 amide bonds. The number of nitrogens with zero attached hydrogens (tertiary/aromatic N) is 2. The highest BCUT2D eigenvalue weighted by atomic mass is 35.5. The molecule has 0 saturated heterocycles. The molecule has 38 heavy (non-hydrogen) atoms. The number of aldehydes is 1. The number of amides is 1. The van der Waals surface area contributed by atoms with E-state index in [4.69, 9.17) is 37.8 Å². The quantitative estimate of drug-likeness (QED) is 0.128. The molecule has 0 aliphatic carbocycles. The first-order valence-corrected chi connectivity index (χ1v) is 12.7. The maximum atomic E-state index is 10.6. The van der Waals surface area contributed by atoms with Gasteiger partial charge in [0.15, 0.2) is 12.1 Å². The molecule has 0 fully saturated rings. The third-order valence-corrected chi connectivity index (χ3v) is 5.99. The van der Waals surface area contributed by atoms with Gasteiger partial charge in [0.2, 0.25) is 6.41 Å². The Morgan fingerprint density at radius 3 is 2.34 bits per heavy atom. The monoisotopic (exact) mass is 580 g/mol. The van der Waals surface area contributed by atoms with Gasteiger partial charge in [-0.1, -0.05) is 47.5 Å². The summed E-state index contributed by atoms with van der Waals surface area (Å²) in [4.78, 5) is 28.4. The summed E-state index contributed by atoms with van der Waals surface area (Å²) in [6, 6.07) is 9.70. The molecule has 0 atom stereocenters. The number of benzene rings is 2. The van der Waals surface area contributed by atoms with Gasteiger partial charge in [0.05, 0.1) is 17.8 Å². The number of ether oxygens (including phenoxy) is 1. The number of halogens is 2. The van der Waals surface area contributed by atoms with E-state index in [0.717, 1.165) is 21.7 Å². The zero-order chi connectivity index (χ0) is 28.2. The third kappa shape index (κ3) is 11.8. The van der Waals surface area contributed by atoms with Crippen molar-refractivity contribution in [2.24, 2.45) is 5.73 Å². The molecule has 13 heteroatoms. The second kappa shape index (κ2) is 19.7. The molecule has 0 aliphatic heterocycles. The molecule has 0 saturated carbocycles. The van der Waals surface area contributed by atoms with Crippen molar-refractivity contribution >= 4 is 71.5 Å². The highest BCUT2D eigenvalue weighted by Crippen LogP contribution is 2.40. The summed E-state index contributed by atoms with van der Waals surface area (Å²) in [7, 11) is 3.58. The van der Waals surface area contributed by atoms with Crippen LogP contribution in [0.3, 0.4) is 0 Å². The van der Waals surface area contributed by atoms with E-state index >= 15 is 0 Å². The van der Waals surface area contributed by atoms with Crippen LogP contribution < -0.4 is 25.8 Å². The Kier molecular flexibility index (Phi) is 17.0. The molecule has 1 heterocycles. The predicted molar refractivity (Wildman–Crippen MR) is 156 cm³/mol. The van der Waals surface area contributed by atoms with Crippen molar-refractivity contribution in [3.05, 3.63) is 70.1 Å². The van der Waals surface area contributed by atoms with Gasteiger partial charge in [-0.05, 0) is 36.7 Å². The lowest BCUT2D eigenvalue weighted by Crippen LogP contribution is -2.10. The van der Waals surface area contributed by atoms with Gasteiger partial charge in [0.1, 0.15) is 17.4 Å². The van der Waals surface area contributed by atoms with E-state index in [9.17, 15) is 4.79 Å². The maximum absolute atomic E-state index is 10.6. The van der Waals surface area contributed by atoms with Crippen LogP contribution in [0.15, 0.2) is 53.8 Å². The molecule has 0 aliphatic rings. The Bertz CT molecular complexity index is 1140. The van der Waals surface area contributed by atoms with Gasteiger partial charge in [0, 0.05) is 48.2 Å². The molecule has 0 radical (unpaired) electrons. The van der Waals surface area contributed by atoms with E-state index in [1.807, 2.05) is 36.4 Å². The van der Waals surface area contributed by atoms with E-state index in [0.29, 0.717) is 29.4 Å². The second-order valence-corrected chi connectivity index (χ2v) is 8.49. The van der Waals surface area contributed by atoms with Gasteiger partial charge in [0.25, 0.3) is 0 Å². The Morgan fingerprint density at radius 2 is 1.82 bits per heavy atom. The van der Waals surface area contributed by atoms with E-state index in [2.05, 4.69) is 31.1 Å². The van der Waals surface area contributed by atoms with E-state index in [1.54, 1.807) is 38.8 Å². The van der Waals surface area contributed by atoms with Gasteiger partial charge < -0.3 is 30.9 Å².